The van der Waals surface area contributed by atoms with Gasteiger partial charge in [0.25, 0.3) is 0 Å². The topological polar surface area (TPSA) is 108 Å². The van der Waals surface area contributed by atoms with Gasteiger partial charge in [-0.1, -0.05) is 37.6 Å². The van der Waals surface area contributed by atoms with Gasteiger partial charge >= 0.3 is 0 Å². The summed E-state index contributed by atoms with van der Waals surface area (Å²) in [7, 11) is 0. The van der Waals surface area contributed by atoms with Crippen LogP contribution in [0.2, 0.25) is 5.02 Å². The van der Waals surface area contributed by atoms with Gasteiger partial charge in [0.1, 0.15) is 11.6 Å². The van der Waals surface area contributed by atoms with Crippen molar-refractivity contribution in [3.05, 3.63) is 29.3 Å². The lowest BCUT2D eigenvalue weighted by Crippen LogP contribution is -2.53. The number of aliphatic hydroxyl groups is 1. The minimum absolute atomic E-state index is 0.0104. The summed E-state index contributed by atoms with van der Waals surface area (Å²) in [5.74, 6) is -2.38. The largest absolute Gasteiger partial charge is 0.395 e. The van der Waals surface area contributed by atoms with E-state index in [1.54, 1.807) is 24.3 Å². The summed E-state index contributed by atoms with van der Waals surface area (Å²) in [6.45, 7) is 4.13. The maximum absolute atomic E-state index is 13.6. The number of benzene rings is 1. The van der Waals surface area contributed by atoms with E-state index in [1.807, 2.05) is 13.8 Å². The highest BCUT2D eigenvalue weighted by atomic mass is 35.5. The quantitative estimate of drug-likeness (QED) is 0.546. The molecule has 3 aliphatic rings. The minimum atomic E-state index is -1.11. The van der Waals surface area contributed by atoms with Crippen molar-refractivity contribution in [2.24, 2.45) is 11.8 Å². The summed E-state index contributed by atoms with van der Waals surface area (Å²) >= 11 is 6.23. The van der Waals surface area contributed by atoms with Gasteiger partial charge in [0.2, 0.25) is 17.7 Å². The maximum Gasteiger partial charge on any atom is 0.250 e. The molecule has 1 aromatic rings. The molecule has 1 spiro atoms. The number of β-amino-alcohol motifs (C(OH)–C–C–N with tert-alkyl or cyclic N) is 1. The molecule has 3 aliphatic heterocycles. The third kappa shape index (κ3) is 3.31. The van der Waals surface area contributed by atoms with Crippen molar-refractivity contribution in [2.75, 3.05) is 25.0 Å². The van der Waals surface area contributed by atoms with Gasteiger partial charge in [-0.3, -0.25) is 14.4 Å². The highest BCUT2D eigenvalue weighted by Gasteiger charge is 2.78. The van der Waals surface area contributed by atoms with Gasteiger partial charge in [-0.25, -0.2) is 0 Å². The molecule has 174 valence electrons. The van der Waals surface area contributed by atoms with Crippen LogP contribution in [0.15, 0.2) is 24.3 Å². The van der Waals surface area contributed by atoms with Crippen LogP contribution in [0.4, 0.5) is 5.69 Å². The van der Waals surface area contributed by atoms with Gasteiger partial charge in [-0.2, -0.15) is 0 Å². The van der Waals surface area contributed by atoms with Crippen molar-refractivity contribution in [3.63, 3.8) is 0 Å². The zero-order valence-corrected chi connectivity index (χ0v) is 19.2. The lowest BCUT2D eigenvalue weighted by molar-refractivity contribution is -0.146. The highest BCUT2D eigenvalue weighted by molar-refractivity contribution is 6.33. The smallest absolute Gasteiger partial charge is 0.250 e. The van der Waals surface area contributed by atoms with Crippen molar-refractivity contribution in [1.29, 1.82) is 0 Å². The number of ether oxygens (including phenoxy) is 1. The van der Waals surface area contributed by atoms with Gasteiger partial charge in [-0.05, 0) is 37.8 Å². The summed E-state index contributed by atoms with van der Waals surface area (Å²) in [6.07, 6.45) is 2.45. The fourth-order valence-electron chi connectivity index (χ4n) is 5.89. The van der Waals surface area contributed by atoms with Gasteiger partial charge < -0.3 is 25.4 Å². The van der Waals surface area contributed by atoms with Crippen LogP contribution in [-0.2, 0) is 19.1 Å². The molecular weight excluding hydrogens is 434 g/mol. The maximum atomic E-state index is 13.6. The van der Waals surface area contributed by atoms with E-state index in [4.69, 9.17) is 16.3 Å². The van der Waals surface area contributed by atoms with Crippen LogP contribution in [0.1, 0.15) is 39.5 Å². The average Bonchev–Trinajstić information content (AvgIpc) is 3.38. The van der Waals surface area contributed by atoms with Gasteiger partial charge in [-0.15, -0.1) is 0 Å². The predicted octanol–water partition coefficient (Wildman–Crippen LogP) is 1.95. The number of likely N-dealkylation sites (tertiary alicyclic amines) is 1. The number of aliphatic hydroxyl groups excluding tert-OH is 1. The number of amides is 3. The van der Waals surface area contributed by atoms with Crippen molar-refractivity contribution >= 4 is 35.0 Å². The molecule has 3 saturated heterocycles. The van der Waals surface area contributed by atoms with Gasteiger partial charge in [0.05, 0.1) is 34.8 Å². The molecule has 0 aliphatic carbocycles. The fraction of sp³-hybridized carbons (Fsp3) is 0.609. The van der Waals surface area contributed by atoms with Gasteiger partial charge in [0, 0.05) is 13.1 Å². The third-order valence-corrected chi connectivity index (χ3v) is 7.56. The van der Waals surface area contributed by atoms with Crippen molar-refractivity contribution in [1.82, 2.24) is 10.2 Å². The Bertz CT molecular complexity index is 927. The monoisotopic (exact) mass is 463 g/mol. The van der Waals surface area contributed by atoms with E-state index in [0.717, 1.165) is 6.42 Å². The molecule has 0 saturated carbocycles. The Morgan fingerprint density at radius 2 is 2.00 bits per heavy atom. The zero-order chi connectivity index (χ0) is 23.1. The number of carbonyl (C=O) groups excluding carboxylic acids is 3. The molecule has 0 aromatic heterocycles. The van der Waals surface area contributed by atoms with Crippen LogP contribution in [-0.4, -0.2) is 64.7 Å². The normalized spacial score (nSPS) is 32.8. The molecule has 3 N–H and O–H groups in total. The Morgan fingerprint density at radius 1 is 1.25 bits per heavy atom. The number of fused-ring (bicyclic) bond motifs is 1. The number of nitrogens with one attached hydrogen (secondary N) is 2. The average molecular weight is 464 g/mol. The van der Waals surface area contributed by atoms with E-state index in [9.17, 15) is 19.5 Å². The number of anilines is 1. The molecule has 0 radical (unpaired) electrons. The SMILES string of the molecule is CCCNC(=O)[C@H]1[C@H]2C(=O)N(CCO)C(C(=O)Nc3ccccc3Cl)C23CC[C@]1(CC)O3. The van der Waals surface area contributed by atoms with Crippen molar-refractivity contribution in [2.45, 2.75) is 56.8 Å². The Hall–Kier alpha value is -2.16. The Kier molecular flexibility index (Phi) is 6.22. The van der Waals surface area contributed by atoms with E-state index in [1.165, 1.54) is 4.90 Å². The first-order chi connectivity index (χ1) is 15.3. The van der Waals surface area contributed by atoms with E-state index >= 15 is 0 Å². The zero-order valence-electron chi connectivity index (χ0n) is 18.4. The molecule has 2 bridgehead atoms. The lowest BCUT2D eigenvalue weighted by Gasteiger charge is -2.33. The van der Waals surface area contributed by atoms with Crippen LogP contribution >= 0.6 is 11.6 Å². The summed E-state index contributed by atoms with van der Waals surface area (Å²) < 4.78 is 6.58. The Morgan fingerprint density at radius 3 is 2.66 bits per heavy atom. The molecule has 32 heavy (non-hydrogen) atoms. The second kappa shape index (κ2) is 8.65. The molecule has 9 heteroatoms. The molecule has 8 nitrogen and oxygen atoms in total. The van der Waals surface area contributed by atoms with E-state index in [-0.39, 0.29) is 25.0 Å². The Labute approximate surface area is 192 Å². The van der Waals surface area contributed by atoms with Crippen molar-refractivity contribution < 1.29 is 24.2 Å². The highest BCUT2D eigenvalue weighted by Crippen LogP contribution is 2.64. The van der Waals surface area contributed by atoms with Crippen LogP contribution < -0.4 is 10.6 Å². The Balaban J connectivity index is 1.73. The van der Waals surface area contributed by atoms with Crippen LogP contribution in [0.3, 0.4) is 0 Å². The first-order valence-electron chi connectivity index (χ1n) is 11.3. The number of para-hydroxylation sites is 1. The molecule has 2 unspecified atom stereocenters. The van der Waals surface area contributed by atoms with E-state index in [0.29, 0.717) is 36.5 Å². The molecule has 5 atom stereocenters. The summed E-state index contributed by atoms with van der Waals surface area (Å²) in [5, 5.41) is 15.8. The lowest BCUT2D eigenvalue weighted by atomic mass is 9.65. The van der Waals surface area contributed by atoms with Crippen molar-refractivity contribution in [3.8, 4) is 0 Å². The fourth-order valence-corrected chi connectivity index (χ4v) is 6.07. The predicted molar refractivity (Wildman–Crippen MR) is 119 cm³/mol. The standard InChI is InChI=1S/C23H30ClN3O5/c1-3-11-25-19(29)16-17-21(31)27(12-13-28)18(23(17)10-9-22(16,4-2)32-23)20(30)26-15-8-6-5-7-14(15)24/h5-8,16-18,28H,3-4,9-13H2,1-2H3,(H,25,29)(H,26,30)/t16-,17+,18?,22+,23?/m1/s1. The number of carbonyl (C=O) groups is 3. The number of nitrogens with zero attached hydrogens (tertiary/aromatic N) is 1. The molecule has 3 heterocycles. The van der Waals surface area contributed by atoms with E-state index in [2.05, 4.69) is 10.6 Å². The number of halogens is 1. The summed E-state index contributed by atoms with van der Waals surface area (Å²) in [6, 6.07) is 5.91. The second-order valence-electron chi connectivity index (χ2n) is 8.85. The summed E-state index contributed by atoms with van der Waals surface area (Å²) in [5.41, 5.74) is -1.45. The molecule has 1 aromatic carbocycles. The minimum Gasteiger partial charge on any atom is -0.395 e. The molecule has 3 amide bonds. The molecule has 4 rings (SSSR count). The molecule has 3 fully saturated rings. The molecular formula is C23H30ClN3O5. The third-order valence-electron chi connectivity index (χ3n) is 7.23. The number of rotatable bonds is 8. The summed E-state index contributed by atoms with van der Waals surface area (Å²) in [4.78, 5) is 41.7. The van der Waals surface area contributed by atoms with Crippen LogP contribution in [0, 0.1) is 11.8 Å². The first-order valence-corrected chi connectivity index (χ1v) is 11.7. The van der Waals surface area contributed by atoms with E-state index < -0.39 is 35.0 Å². The first kappa shape index (κ1) is 23.0. The van der Waals surface area contributed by atoms with Crippen LogP contribution in [0.25, 0.3) is 0 Å². The number of hydrogen-bond donors (Lipinski definition) is 3. The van der Waals surface area contributed by atoms with Gasteiger partial charge in [0.15, 0.2) is 0 Å². The van der Waals surface area contributed by atoms with Crippen LogP contribution in [0.5, 0.6) is 0 Å². The number of hydrogen-bond acceptors (Lipinski definition) is 5. The second-order valence-corrected chi connectivity index (χ2v) is 9.26.